The van der Waals surface area contributed by atoms with E-state index in [2.05, 4.69) is 34.6 Å². The third-order valence-corrected chi connectivity index (χ3v) is 5.54. The highest BCUT2D eigenvalue weighted by atomic mass is 16.4. The van der Waals surface area contributed by atoms with Crippen molar-refractivity contribution in [2.24, 2.45) is 0 Å². The Balaban J connectivity index is 1.85. The maximum absolute atomic E-state index is 12.5. The Morgan fingerprint density at radius 1 is 1.19 bits per heavy atom. The first-order chi connectivity index (χ1) is 13.2. The van der Waals surface area contributed by atoms with Gasteiger partial charge in [-0.25, -0.2) is 9.78 Å². The summed E-state index contributed by atoms with van der Waals surface area (Å²) in [5.41, 5.74) is -0.215. The van der Waals surface area contributed by atoms with Crippen LogP contribution in [0.25, 0.3) is 16.5 Å². The molecule has 140 valence electrons. The standard InChI is InChI=1S/C21H24N4O2/c1-2-21(20(26)27,24-12-9-22-10-13-24)19-23-11-14-25(19)18-8-7-16-5-3-4-6-17(16)15-18/h3-8,11,14-15,22H,2,9-10,12-13H2,1H3,(H,26,27). The lowest BCUT2D eigenvalue weighted by atomic mass is 9.91. The van der Waals surface area contributed by atoms with Crippen molar-refractivity contribution in [1.82, 2.24) is 19.8 Å². The second-order valence-electron chi connectivity index (χ2n) is 6.91. The molecule has 27 heavy (non-hydrogen) atoms. The molecule has 3 aromatic rings. The fourth-order valence-electron chi connectivity index (χ4n) is 4.10. The Labute approximate surface area is 158 Å². The monoisotopic (exact) mass is 364 g/mol. The molecular formula is C21H24N4O2. The summed E-state index contributed by atoms with van der Waals surface area (Å²) in [5.74, 6) is -0.283. The number of hydrogen-bond donors (Lipinski definition) is 2. The fraction of sp³-hybridized carbons (Fsp3) is 0.333. The maximum Gasteiger partial charge on any atom is 0.332 e. The molecule has 1 unspecified atom stereocenters. The summed E-state index contributed by atoms with van der Waals surface area (Å²) in [6, 6.07) is 14.3. The van der Waals surface area contributed by atoms with Gasteiger partial charge in [0.25, 0.3) is 0 Å². The average Bonchev–Trinajstić information content (AvgIpc) is 3.19. The van der Waals surface area contributed by atoms with E-state index in [1.807, 2.05) is 40.8 Å². The molecule has 1 saturated heterocycles. The minimum atomic E-state index is -1.14. The van der Waals surface area contributed by atoms with Gasteiger partial charge in [-0.3, -0.25) is 4.90 Å². The smallest absolute Gasteiger partial charge is 0.332 e. The predicted octanol–water partition coefficient (Wildman–Crippen LogP) is 2.62. The highest BCUT2D eigenvalue weighted by molar-refractivity contribution is 5.84. The van der Waals surface area contributed by atoms with Gasteiger partial charge in [0.1, 0.15) is 5.82 Å². The van der Waals surface area contributed by atoms with Crippen LogP contribution in [0.3, 0.4) is 0 Å². The Bertz CT molecular complexity index is 961. The number of carboxylic acids is 1. The minimum Gasteiger partial charge on any atom is -0.480 e. The molecule has 0 amide bonds. The number of aliphatic carboxylic acids is 1. The fourth-order valence-corrected chi connectivity index (χ4v) is 4.10. The van der Waals surface area contributed by atoms with Crippen molar-refractivity contribution in [3.8, 4) is 5.69 Å². The zero-order valence-corrected chi connectivity index (χ0v) is 15.4. The van der Waals surface area contributed by atoms with Gasteiger partial charge < -0.3 is 15.0 Å². The van der Waals surface area contributed by atoms with Gasteiger partial charge in [-0.1, -0.05) is 37.3 Å². The van der Waals surface area contributed by atoms with E-state index in [1.54, 1.807) is 6.20 Å². The normalized spacial score (nSPS) is 17.7. The average molecular weight is 364 g/mol. The zero-order valence-electron chi connectivity index (χ0n) is 15.4. The van der Waals surface area contributed by atoms with Crippen LogP contribution in [-0.4, -0.2) is 51.7 Å². The summed E-state index contributed by atoms with van der Waals surface area (Å²) in [5, 5.41) is 15.9. The molecule has 1 fully saturated rings. The minimum absolute atomic E-state index is 0.451. The summed E-state index contributed by atoms with van der Waals surface area (Å²) in [7, 11) is 0. The van der Waals surface area contributed by atoms with Crippen molar-refractivity contribution in [2.45, 2.75) is 18.9 Å². The number of piperazine rings is 1. The second-order valence-corrected chi connectivity index (χ2v) is 6.91. The molecular weight excluding hydrogens is 340 g/mol. The van der Waals surface area contributed by atoms with Crippen LogP contribution in [-0.2, 0) is 10.3 Å². The van der Waals surface area contributed by atoms with Crippen LogP contribution in [0.1, 0.15) is 19.2 Å². The summed E-state index contributed by atoms with van der Waals surface area (Å²) in [6.07, 6.45) is 4.00. The molecule has 2 heterocycles. The van der Waals surface area contributed by atoms with E-state index in [-0.39, 0.29) is 0 Å². The van der Waals surface area contributed by atoms with E-state index < -0.39 is 11.5 Å². The number of hydrogen-bond acceptors (Lipinski definition) is 4. The van der Waals surface area contributed by atoms with Gasteiger partial charge in [0.2, 0.25) is 0 Å². The number of rotatable bonds is 5. The Morgan fingerprint density at radius 2 is 1.93 bits per heavy atom. The second kappa shape index (κ2) is 7.13. The lowest BCUT2D eigenvalue weighted by Crippen LogP contribution is -2.58. The summed E-state index contributed by atoms with van der Waals surface area (Å²) in [6.45, 7) is 4.86. The van der Waals surface area contributed by atoms with Gasteiger partial charge in [0.05, 0.1) is 0 Å². The molecule has 0 radical (unpaired) electrons. The van der Waals surface area contributed by atoms with Crippen LogP contribution in [0, 0.1) is 0 Å². The van der Waals surface area contributed by atoms with Crippen molar-refractivity contribution in [2.75, 3.05) is 26.2 Å². The van der Waals surface area contributed by atoms with Crippen molar-refractivity contribution >= 4 is 16.7 Å². The number of aromatic nitrogens is 2. The van der Waals surface area contributed by atoms with Crippen LogP contribution in [0.15, 0.2) is 54.9 Å². The molecule has 4 rings (SSSR count). The van der Waals surface area contributed by atoms with E-state index >= 15 is 0 Å². The molecule has 1 atom stereocenters. The van der Waals surface area contributed by atoms with Crippen molar-refractivity contribution in [3.05, 3.63) is 60.7 Å². The van der Waals surface area contributed by atoms with E-state index in [0.717, 1.165) is 29.5 Å². The molecule has 0 spiro atoms. The van der Waals surface area contributed by atoms with Gasteiger partial charge in [0.15, 0.2) is 5.54 Å². The van der Waals surface area contributed by atoms with Crippen LogP contribution in [0.4, 0.5) is 0 Å². The van der Waals surface area contributed by atoms with Gasteiger partial charge in [-0.15, -0.1) is 0 Å². The maximum atomic E-state index is 12.5. The van der Waals surface area contributed by atoms with E-state index in [1.165, 1.54) is 0 Å². The first-order valence-electron chi connectivity index (χ1n) is 9.39. The summed E-state index contributed by atoms with van der Waals surface area (Å²) >= 11 is 0. The number of imidazole rings is 1. The van der Waals surface area contributed by atoms with Gasteiger partial charge in [-0.05, 0) is 29.3 Å². The number of benzene rings is 2. The molecule has 1 aromatic heterocycles. The highest BCUT2D eigenvalue weighted by Gasteiger charge is 2.48. The first-order valence-corrected chi connectivity index (χ1v) is 9.39. The van der Waals surface area contributed by atoms with Crippen molar-refractivity contribution in [3.63, 3.8) is 0 Å². The van der Waals surface area contributed by atoms with Crippen LogP contribution < -0.4 is 5.32 Å². The van der Waals surface area contributed by atoms with Gasteiger partial charge in [-0.2, -0.15) is 0 Å². The lowest BCUT2D eigenvalue weighted by Gasteiger charge is -2.41. The number of fused-ring (bicyclic) bond motifs is 1. The third kappa shape index (κ3) is 2.91. The van der Waals surface area contributed by atoms with Crippen LogP contribution >= 0.6 is 0 Å². The molecule has 2 N–H and O–H groups in total. The Kier molecular flexibility index (Phi) is 4.68. The van der Waals surface area contributed by atoms with E-state index in [0.29, 0.717) is 25.3 Å². The highest BCUT2D eigenvalue weighted by Crippen LogP contribution is 2.34. The number of nitrogens with one attached hydrogen (secondary N) is 1. The predicted molar refractivity (Wildman–Crippen MR) is 105 cm³/mol. The van der Waals surface area contributed by atoms with Crippen molar-refractivity contribution in [1.29, 1.82) is 0 Å². The van der Waals surface area contributed by atoms with Crippen LogP contribution in [0.5, 0.6) is 0 Å². The van der Waals surface area contributed by atoms with Crippen molar-refractivity contribution < 1.29 is 9.90 Å². The molecule has 6 nitrogen and oxygen atoms in total. The van der Waals surface area contributed by atoms with Gasteiger partial charge >= 0.3 is 5.97 Å². The molecule has 0 saturated carbocycles. The molecule has 6 heteroatoms. The topological polar surface area (TPSA) is 70.4 Å². The molecule has 0 bridgehead atoms. The largest absolute Gasteiger partial charge is 0.480 e. The summed E-state index contributed by atoms with van der Waals surface area (Å²) in [4.78, 5) is 19.1. The molecule has 1 aliphatic rings. The zero-order chi connectivity index (χ0) is 18.9. The number of carbonyl (C=O) groups is 1. The lowest BCUT2D eigenvalue weighted by molar-refractivity contribution is -0.154. The summed E-state index contributed by atoms with van der Waals surface area (Å²) < 4.78 is 1.92. The molecule has 2 aromatic carbocycles. The molecule has 1 aliphatic heterocycles. The number of carboxylic acid groups (broad SMARTS) is 1. The van der Waals surface area contributed by atoms with E-state index in [9.17, 15) is 9.90 Å². The third-order valence-electron chi connectivity index (χ3n) is 5.54. The quantitative estimate of drug-likeness (QED) is 0.728. The van der Waals surface area contributed by atoms with E-state index in [4.69, 9.17) is 0 Å². The Hall–Kier alpha value is -2.70. The SMILES string of the molecule is CCC(C(=O)O)(c1nccn1-c1ccc2ccccc2c1)N1CCNCC1. The molecule has 0 aliphatic carbocycles. The van der Waals surface area contributed by atoms with Crippen LogP contribution in [0.2, 0.25) is 0 Å². The first kappa shape index (κ1) is 17.7. The van der Waals surface area contributed by atoms with Gasteiger partial charge in [0, 0.05) is 44.3 Å². The number of nitrogens with zero attached hydrogens (tertiary/aromatic N) is 3. The Morgan fingerprint density at radius 3 is 2.63 bits per heavy atom.